The van der Waals surface area contributed by atoms with E-state index in [2.05, 4.69) is 10.1 Å². The molecule has 0 aliphatic carbocycles. The minimum Gasteiger partial charge on any atom is -0.423 e. The zero-order valence-electron chi connectivity index (χ0n) is 10.8. The fraction of sp³-hybridized carbons (Fsp3) is 0. The summed E-state index contributed by atoms with van der Waals surface area (Å²) in [6.07, 6.45) is 1.57. The molecule has 0 atom stereocenters. The van der Waals surface area contributed by atoms with Crippen LogP contribution in [0.5, 0.6) is 11.8 Å². The molecule has 0 aliphatic heterocycles. The summed E-state index contributed by atoms with van der Waals surface area (Å²) in [4.78, 5) is 4.08. The van der Waals surface area contributed by atoms with Crippen molar-refractivity contribution in [3.05, 3.63) is 65.4 Å². The highest BCUT2D eigenvalue weighted by Crippen LogP contribution is 2.24. The van der Waals surface area contributed by atoms with Crippen LogP contribution in [0.2, 0.25) is 5.02 Å². The van der Waals surface area contributed by atoms with Crippen LogP contribution in [-0.4, -0.2) is 14.8 Å². The summed E-state index contributed by atoms with van der Waals surface area (Å²) >= 11 is 5.95. The third kappa shape index (κ3) is 2.86. The Balaban J connectivity index is 1.82. The molecule has 0 N–H and O–H groups in total. The molecule has 0 fully saturated rings. The van der Waals surface area contributed by atoms with E-state index < -0.39 is 0 Å². The molecule has 0 aliphatic rings. The van der Waals surface area contributed by atoms with Crippen molar-refractivity contribution in [2.75, 3.05) is 0 Å². The lowest BCUT2D eigenvalue weighted by molar-refractivity contribution is 0.441. The summed E-state index contributed by atoms with van der Waals surface area (Å²) in [5, 5.41) is 13.4. The van der Waals surface area contributed by atoms with Crippen molar-refractivity contribution >= 4 is 11.6 Å². The van der Waals surface area contributed by atoms with Gasteiger partial charge in [-0.05, 0) is 24.3 Å². The van der Waals surface area contributed by atoms with Crippen LogP contribution in [-0.2, 0) is 0 Å². The van der Waals surface area contributed by atoms with E-state index in [1.807, 2.05) is 36.4 Å². The summed E-state index contributed by atoms with van der Waals surface area (Å²) in [6, 6.07) is 16.6. The van der Waals surface area contributed by atoms with Crippen LogP contribution in [0, 0.1) is 11.3 Å². The highest BCUT2D eigenvalue weighted by molar-refractivity contribution is 6.31. The van der Waals surface area contributed by atoms with Crippen LogP contribution in [0.3, 0.4) is 0 Å². The second kappa shape index (κ2) is 5.65. The highest BCUT2D eigenvalue weighted by Gasteiger charge is 2.07. The number of ether oxygens (including phenoxy) is 1. The van der Waals surface area contributed by atoms with Gasteiger partial charge in [0.15, 0.2) is 0 Å². The molecule has 102 valence electrons. The van der Waals surface area contributed by atoms with E-state index in [1.54, 1.807) is 29.2 Å². The number of halogens is 1. The number of aromatic nitrogens is 3. The van der Waals surface area contributed by atoms with Gasteiger partial charge in [-0.2, -0.15) is 10.2 Å². The number of hydrogen-bond donors (Lipinski definition) is 0. The quantitative estimate of drug-likeness (QED) is 0.741. The molecule has 1 aromatic heterocycles. The zero-order chi connectivity index (χ0) is 14.7. The molecule has 0 bridgehead atoms. The number of para-hydroxylation sites is 1. The summed E-state index contributed by atoms with van der Waals surface area (Å²) in [6.45, 7) is 0. The van der Waals surface area contributed by atoms with Crippen LogP contribution in [0.1, 0.15) is 5.56 Å². The second-order valence-corrected chi connectivity index (χ2v) is 4.57. The van der Waals surface area contributed by atoms with Gasteiger partial charge in [-0.25, -0.2) is 4.68 Å². The monoisotopic (exact) mass is 296 g/mol. The minimum atomic E-state index is 0.208. The Morgan fingerprint density at radius 2 is 1.95 bits per heavy atom. The fourth-order valence-corrected chi connectivity index (χ4v) is 1.97. The first-order chi connectivity index (χ1) is 10.3. The molecule has 6 heteroatoms. The van der Waals surface area contributed by atoms with Crippen LogP contribution in [0.25, 0.3) is 5.69 Å². The lowest BCUT2D eigenvalue weighted by Crippen LogP contribution is -1.94. The Morgan fingerprint density at radius 3 is 2.67 bits per heavy atom. The molecule has 0 unspecified atom stereocenters. The number of nitrogens with zero attached hydrogens (tertiary/aromatic N) is 4. The topological polar surface area (TPSA) is 63.7 Å². The van der Waals surface area contributed by atoms with Crippen molar-refractivity contribution in [2.24, 2.45) is 0 Å². The fourth-order valence-electron chi connectivity index (χ4n) is 1.76. The average molecular weight is 297 g/mol. The maximum absolute atomic E-state index is 8.83. The Labute approximate surface area is 126 Å². The van der Waals surface area contributed by atoms with Gasteiger partial charge >= 0.3 is 6.01 Å². The predicted molar refractivity (Wildman–Crippen MR) is 77.6 cm³/mol. The largest absolute Gasteiger partial charge is 0.423 e. The second-order valence-electron chi connectivity index (χ2n) is 4.16. The standard InChI is InChI=1S/C15H9ClN4O/c16-14-8-13(7-6-11(14)9-17)21-15-18-10-20(19-15)12-4-2-1-3-5-12/h1-8,10H. The first-order valence-electron chi connectivity index (χ1n) is 6.11. The van der Waals surface area contributed by atoms with Gasteiger partial charge in [-0.1, -0.05) is 29.8 Å². The van der Waals surface area contributed by atoms with E-state index >= 15 is 0 Å². The highest BCUT2D eigenvalue weighted by atomic mass is 35.5. The maximum atomic E-state index is 8.83. The van der Waals surface area contributed by atoms with Gasteiger partial charge < -0.3 is 4.74 Å². The first kappa shape index (κ1) is 13.2. The third-order valence-electron chi connectivity index (χ3n) is 2.76. The molecule has 0 saturated heterocycles. The van der Waals surface area contributed by atoms with E-state index in [4.69, 9.17) is 21.6 Å². The molecule has 2 aromatic carbocycles. The van der Waals surface area contributed by atoms with Crippen molar-refractivity contribution in [1.29, 1.82) is 5.26 Å². The van der Waals surface area contributed by atoms with Crippen molar-refractivity contribution in [2.45, 2.75) is 0 Å². The van der Waals surface area contributed by atoms with Crippen molar-refractivity contribution in [3.63, 3.8) is 0 Å². The summed E-state index contributed by atoms with van der Waals surface area (Å²) in [5.41, 5.74) is 1.28. The number of rotatable bonds is 3. The van der Waals surface area contributed by atoms with Crippen LogP contribution in [0.4, 0.5) is 0 Å². The SMILES string of the molecule is N#Cc1ccc(Oc2ncn(-c3ccccc3)n2)cc1Cl. The smallest absolute Gasteiger partial charge is 0.341 e. The predicted octanol–water partition coefficient (Wildman–Crippen LogP) is 3.58. The van der Waals surface area contributed by atoms with Crippen molar-refractivity contribution in [1.82, 2.24) is 14.8 Å². The normalized spacial score (nSPS) is 10.1. The lowest BCUT2D eigenvalue weighted by atomic mass is 10.2. The van der Waals surface area contributed by atoms with Crippen molar-refractivity contribution in [3.8, 4) is 23.5 Å². The Bertz CT molecular complexity index is 808. The van der Waals surface area contributed by atoms with Gasteiger partial charge in [0.25, 0.3) is 0 Å². The number of benzene rings is 2. The number of nitriles is 1. The Morgan fingerprint density at radius 1 is 1.14 bits per heavy atom. The van der Waals surface area contributed by atoms with E-state index in [9.17, 15) is 0 Å². The Hall–Kier alpha value is -2.84. The molecule has 0 radical (unpaired) electrons. The van der Waals surface area contributed by atoms with Gasteiger partial charge in [0.05, 0.1) is 16.3 Å². The average Bonchev–Trinajstić information content (AvgIpc) is 2.97. The van der Waals surface area contributed by atoms with Crippen LogP contribution >= 0.6 is 11.6 Å². The molecule has 3 rings (SSSR count). The zero-order valence-corrected chi connectivity index (χ0v) is 11.5. The molecule has 5 nitrogen and oxygen atoms in total. The number of hydrogen-bond acceptors (Lipinski definition) is 4. The Kier molecular flexibility index (Phi) is 3.54. The molecule has 0 saturated carbocycles. The van der Waals surface area contributed by atoms with E-state index in [-0.39, 0.29) is 6.01 Å². The molecule has 1 heterocycles. The van der Waals surface area contributed by atoms with Crippen LogP contribution < -0.4 is 4.74 Å². The molecule has 0 spiro atoms. The summed E-state index contributed by atoms with van der Waals surface area (Å²) in [7, 11) is 0. The van der Waals surface area contributed by atoms with Gasteiger partial charge in [0.2, 0.25) is 0 Å². The lowest BCUT2D eigenvalue weighted by Gasteiger charge is -2.02. The minimum absolute atomic E-state index is 0.208. The summed E-state index contributed by atoms with van der Waals surface area (Å²) < 4.78 is 7.14. The summed E-state index contributed by atoms with van der Waals surface area (Å²) in [5.74, 6) is 0.477. The van der Waals surface area contributed by atoms with Gasteiger partial charge in [-0.3, -0.25) is 0 Å². The molecule has 3 aromatic rings. The third-order valence-corrected chi connectivity index (χ3v) is 3.07. The van der Waals surface area contributed by atoms with E-state index in [0.29, 0.717) is 16.3 Å². The molecular formula is C15H9ClN4O. The first-order valence-corrected chi connectivity index (χ1v) is 6.48. The van der Waals surface area contributed by atoms with E-state index in [1.165, 1.54) is 0 Å². The van der Waals surface area contributed by atoms with Gasteiger partial charge in [0, 0.05) is 6.07 Å². The van der Waals surface area contributed by atoms with Crippen molar-refractivity contribution < 1.29 is 4.74 Å². The van der Waals surface area contributed by atoms with Gasteiger partial charge in [0.1, 0.15) is 18.1 Å². The van der Waals surface area contributed by atoms with E-state index in [0.717, 1.165) is 5.69 Å². The maximum Gasteiger partial charge on any atom is 0.341 e. The molecular weight excluding hydrogens is 288 g/mol. The molecule has 0 amide bonds. The molecule has 21 heavy (non-hydrogen) atoms. The van der Waals surface area contributed by atoms with Crippen LogP contribution in [0.15, 0.2) is 54.9 Å². The van der Waals surface area contributed by atoms with Gasteiger partial charge in [-0.15, -0.1) is 5.10 Å².